The molecule has 0 atom stereocenters. The molecular formula is C13H24N4. The van der Waals surface area contributed by atoms with Crippen molar-refractivity contribution in [1.29, 1.82) is 0 Å². The van der Waals surface area contributed by atoms with Gasteiger partial charge in [0.05, 0.1) is 6.54 Å². The van der Waals surface area contributed by atoms with Gasteiger partial charge in [0.15, 0.2) is 0 Å². The van der Waals surface area contributed by atoms with Crippen molar-refractivity contribution in [1.82, 2.24) is 20.1 Å². The van der Waals surface area contributed by atoms with Crippen LogP contribution >= 0.6 is 0 Å². The molecule has 17 heavy (non-hydrogen) atoms. The van der Waals surface area contributed by atoms with Gasteiger partial charge in [0, 0.05) is 7.05 Å². The number of nitrogens with zero attached hydrogens (tertiary/aromatic N) is 3. The molecule has 1 N–H and O–H groups in total. The predicted octanol–water partition coefficient (Wildman–Crippen LogP) is 2.12. The van der Waals surface area contributed by atoms with E-state index in [1.54, 1.807) is 6.33 Å². The van der Waals surface area contributed by atoms with E-state index in [9.17, 15) is 0 Å². The molecule has 1 aromatic heterocycles. The maximum Gasteiger partial charge on any atom is 0.146 e. The third-order valence-corrected chi connectivity index (χ3v) is 4.06. The van der Waals surface area contributed by atoms with E-state index >= 15 is 0 Å². The summed E-state index contributed by atoms with van der Waals surface area (Å²) in [6.45, 7) is 4.28. The Labute approximate surface area is 104 Å². The summed E-state index contributed by atoms with van der Waals surface area (Å²) >= 11 is 0. The molecule has 1 aliphatic carbocycles. The van der Waals surface area contributed by atoms with Crippen LogP contribution in [0.25, 0.3) is 0 Å². The van der Waals surface area contributed by atoms with Crippen LogP contribution in [0.3, 0.4) is 0 Å². The highest BCUT2D eigenvalue weighted by atomic mass is 15.3. The van der Waals surface area contributed by atoms with Crippen molar-refractivity contribution in [2.75, 3.05) is 6.54 Å². The molecule has 96 valence electrons. The molecule has 1 heterocycles. The highest BCUT2D eigenvalue weighted by Crippen LogP contribution is 2.30. The summed E-state index contributed by atoms with van der Waals surface area (Å²) in [7, 11) is 1.99. The van der Waals surface area contributed by atoms with Crippen molar-refractivity contribution in [2.45, 2.75) is 45.6 Å². The third-order valence-electron chi connectivity index (χ3n) is 4.06. The lowest BCUT2D eigenvalue weighted by atomic mass is 9.81. The van der Waals surface area contributed by atoms with Crippen molar-refractivity contribution in [3.8, 4) is 0 Å². The van der Waals surface area contributed by atoms with Crippen LogP contribution in [-0.4, -0.2) is 21.3 Å². The van der Waals surface area contributed by atoms with Gasteiger partial charge in [-0.05, 0) is 31.2 Å². The number of aromatic nitrogens is 3. The Morgan fingerprint density at radius 3 is 2.59 bits per heavy atom. The first-order valence-electron chi connectivity index (χ1n) is 6.83. The minimum atomic E-state index is 0.838. The zero-order valence-electron chi connectivity index (χ0n) is 11.0. The van der Waals surface area contributed by atoms with Gasteiger partial charge in [-0.1, -0.05) is 26.2 Å². The Bertz CT molecular complexity index is 326. The zero-order valence-corrected chi connectivity index (χ0v) is 11.0. The molecule has 0 aromatic carbocycles. The van der Waals surface area contributed by atoms with Crippen LogP contribution in [0.2, 0.25) is 0 Å². The lowest BCUT2D eigenvalue weighted by molar-refractivity contribution is 0.262. The second-order valence-corrected chi connectivity index (χ2v) is 5.28. The average molecular weight is 236 g/mol. The number of rotatable bonds is 5. The summed E-state index contributed by atoms with van der Waals surface area (Å²) in [6.07, 6.45) is 8.75. The quantitative estimate of drug-likeness (QED) is 0.851. The monoisotopic (exact) mass is 236 g/mol. The van der Waals surface area contributed by atoms with Gasteiger partial charge in [0.2, 0.25) is 0 Å². The van der Waals surface area contributed by atoms with Gasteiger partial charge in [0.25, 0.3) is 0 Å². The number of aryl methyl sites for hydroxylation is 1. The minimum absolute atomic E-state index is 0.838. The van der Waals surface area contributed by atoms with E-state index in [-0.39, 0.29) is 0 Å². The molecule has 4 heteroatoms. The van der Waals surface area contributed by atoms with Crippen molar-refractivity contribution in [3.63, 3.8) is 0 Å². The van der Waals surface area contributed by atoms with E-state index in [1.165, 1.54) is 32.1 Å². The molecule has 4 nitrogen and oxygen atoms in total. The van der Waals surface area contributed by atoms with Gasteiger partial charge in [-0.3, -0.25) is 0 Å². The summed E-state index contributed by atoms with van der Waals surface area (Å²) in [6, 6.07) is 0. The van der Waals surface area contributed by atoms with Crippen LogP contribution in [0.1, 0.15) is 44.9 Å². The minimum Gasteiger partial charge on any atom is -0.320 e. The normalized spacial score (nSPS) is 25.1. The van der Waals surface area contributed by atoms with Crippen molar-refractivity contribution in [2.24, 2.45) is 18.9 Å². The maximum absolute atomic E-state index is 4.07. The zero-order chi connectivity index (χ0) is 12.1. The summed E-state index contributed by atoms with van der Waals surface area (Å²) in [5.74, 6) is 2.88. The topological polar surface area (TPSA) is 42.7 Å². The van der Waals surface area contributed by atoms with Crippen molar-refractivity contribution in [3.05, 3.63) is 12.2 Å². The lowest BCUT2D eigenvalue weighted by Gasteiger charge is -2.27. The Hall–Kier alpha value is -0.900. The van der Waals surface area contributed by atoms with Crippen LogP contribution < -0.4 is 5.32 Å². The number of hydrogen-bond donors (Lipinski definition) is 1. The first-order chi connectivity index (χ1) is 8.29. The number of nitrogens with one attached hydrogen (secondary N) is 1. The van der Waals surface area contributed by atoms with Crippen LogP contribution in [0.4, 0.5) is 0 Å². The standard InChI is InChI=1S/C13H24N4/c1-3-11-4-6-12(7-5-11)8-14-9-13-16-15-10-17(13)2/h10-12,14H,3-9H2,1-2H3. The second kappa shape index (κ2) is 6.15. The highest BCUT2D eigenvalue weighted by molar-refractivity contribution is 4.83. The molecule has 1 aromatic rings. The van der Waals surface area contributed by atoms with Crippen LogP contribution in [0.5, 0.6) is 0 Å². The van der Waals surface area contributed by atoms with E-state index in [1.807, 2.05) is 11.6 Å². The highest BCUT2D eigenvalue weighted by Gasteiger charge is 2.19. The average Bonchev–Trinajstić information content (AvgIpc) is 2.76. The second-order valence-electron chi connectivity index (χ2n) is 5.28. The van der Waals surface area contributed by atoms with E-state index in [4.69, 9.17) is 0 Å². The van der Waals surface area contributed by atoms with Gasteiger partial charge < -0.3 is 9.88 Å². The first-order valence-corrected chi connectivity index (χ1v) is 6.83. The van der Waals surface area contributed by atoms with E-state index in [0.29, 0.717) is 0 Å². The summed E-state index contributed by atoms with van der Waals surface area (Å²) in [4.78, 5) is 0. The molecule has 0 saturated heterocycles. The molecule has 0 spiro atoms. The first kappa shape index (κ1) is 12.6. The Balaban J connectivity index is 1.65. The number of hydrogen-bond acceptors (Lipinski definition) is 3. The Kier molecular flexibility index (Phi) is 4.54. The Morgan fingerprint density at radius 1 is 1.29 bits per heavy atom. The molecule has 1 saturated carbocycles. The molecule has 1 fully saturated rings. The van der Waals surface area contributed by atoms with Gasteiger partial charge in [-0.25, -0.2) is 0 Å². The van der Waals surface area contributed by atoms with E-state index in [0.717, 1.165) is 30.7 Å². The fourth-order valence-corrected chi connectivity index (χ4v) is 2.70. The van der Waals surface area contributed by atoms with Crippen molar-refractivity contribution < 1.29 is 0 Å². The van der Waals surface area contributed by atoms with Crippen LogP contribution in [0.15, 0.2) is 6.33 Å². The molecule has 0 radical (unpaired) electrons. The molecule has 2 rings (SSSR count). The smallest absolute Gasteiger partial charge is 0.146 e. The molecule has 0 aliphatic heterocycles. The molecular weight excluding hydrogens is 212 g/mol. The maximum atomic E-state index is 4.07. The van der Waals surface area contributed by atoms with Gasteiger partial charge in [-0.15, -0.1) is 10.2 Å². The van der Waals surface area contributed by atoms with Crippen molar-refractivity contribution >= 4 is 0 Å². The van der Waals surface area contributed by atoms with Gasteiger partial charge in [-0.2, -0.15) is 0 Å². The largest absolute Gasteiger partial charge is 0.320 e. The Morgan fingerprint density at radius 2 is 2.00 bits per heavy atom. The predicted molar refractivity (Wildman–Crippen MR) is 68.4 cm³/mol. The fraction of sp³-hybridized carbons (Fsp3) is 0.846. The molecule has 0 bridgehead atoms. The van der Waals surface area contributed by atoms with E-state index in [2.05, 4.69) is 22.4 Å². The van der Waals surface area contributed by atoms with Gasteiger partial charge in [0.1, 0.15) is 12.2 Å². The van der Waals surface area contributed by atoms with Crippen LogP contribution in [0, 0.1) is 11.8 Å². The molecule has 0 amide bonds. The third kappa shape index (κ3) is 3.53. The van der Waals surface area contributed by atoms with E-state index < -0.39 is 0 Å². The molecule has 0 unspecified atom stereocenters. The summed E-state index contributed by atoms with van der Waals surface area (Å²) < 4.78 is 1.97. The lowest BCUT2D eigenvalue weighted by Crippen LogP contribution is -2.27. The SMILES string of the molecule is CCC1CCC(CNCc2nncn2C)CC1. The summed E-state index contributed by atoms with van der Waals surface area (Å²) in [5, 5.41) is 11.5. The van der Waals surface area contributed by atoms with Gasteiger partial charge >= 0.3 is 0 Å². The summed E-state index contributed by atoms with van der Waals surface area (Å²) in [5.41, 5.74) is 0. The molecule has 1 aliphatic rings. The van der Waals surface area contributed by atoms with Crippen LogP contribution in [-0.2, 0) is 13.6 Å². The fourth-order valence-electron chi connectivity index (χ4n) is 2.70.